The van der Waals surface area contributed by atoms with Gasteiger partial charge in [-0.3, -0.25) is 25.8 Å². The van der Waals surface area contributed by atoms with Crippen molar-refractivity contribution in [2.75, 3.05) is 11.9 Å². The van der Waals surface area contributed by atoms with E-state index in [1.807, 2.05) is 0 Å². The summed E-state index contributed by atoms with van der Waals surface area (Å²) >= 11 is 0. The van der Waals surface area contributed by atoms with Crippen molar-refractivity contribution in [2.24, 2.45) is 0 Å². The molecule has 0 fully saturated rings. The van der Waals surface area contributed by atoms with Gasteiger partial charge in [0, 0.05) is 0 Å². The van der Waals surface area contributed by atoms with Gasteiger partial charge in [-0.25, -0.2) is 18.6 Å². The summed E-state index contributed by atoms with van der Waals surface area (Å²) in [6, 6.07) is 8.48. The third-order valence-electron chi connectivity index (χ3n) is 5.80. The molecule has 0 spiro atoms. The Morgan fingerprint density at radius 3 is 2.20 bits per heavy atom. The van der Waals surface area contributed by atoms with Crippen LogP contribution in [-0.4, -0.2) is 46.9 Å². The van der Waals surface area contributed by atoms with Crippen LogP contribution in [0.1, 0.15) is 68.1 Å². The van der Waals surface area contributed by atoms with Gasteiger partial charge in [-0.15, -0.1) is 13.2 Å². The van der Waals surface area contributed by atoms with E-state index < -0.39 is 77.6 Å². The molecular formula is C30H35F5N4O6. The third-order valence-corrected chi connectivity index (χ3v) is 5.80. The second-order valence-corrected chi connectivity index (χ2v) is 10.5. The smallest absolute Gasteiger partial charge is 0.426 e. The molecule has 0 aliphatic carbocycles. The molecule has 0 aliphatic rings. The maximum atomic E-state index is 14.5. The molecule has 1 atom stereocenters. The van der Waals surface area contributed by atoms with E-state index in [2.05, 4.69) is 23.5 Å². The predicted molar refractivity (Wildman–Crippen MR) is 154 cm³/mol. The number of carbonyl (C=O) groups is 3. The van der Waals surface area contributed by atoms with Gasteiger partial charge in [-0.05, 0) is 51.7 Å². The van der Waals surface area contributed by atoms with Gasteiger partial charge in [-0.2, -0.15) is 13.2 Å². The molecule has 1 aromatic carbocycles. The van der Waals surface area contributed by atoms with Crippen LogP contribution in [0.2, 0.25) is 0 Å². The van der Waals surface area contributed by atoms with E-state index in [-0.39, 0.29) is 19.4 Å². The monoisotopic (exact) mass is 642 g/mol. The molecule has 246 valence electrons. The maximum absolute atomic E-state index is 14.5. The minimum absolute atomic E-state index is 0.164. The van der Waals surface area contributed by atoms with Crippen LogP contribution in [-0.2, 0) is 20.9 Å². The molecule has 1 heterocycles. The topological polar surface area (TPSA) is 128 Å². The van der Waals surface area contributed by atoms with Crippen molar-refractivity contribution in [3.63, 3.8) is 0 Å². The molecule has 0 saturated heterocycles. The second kappa shape index (κ2) is 16.0. The predicted octanol–water partition coefficient (Wildman–Crippen LogP) is 6.57. The number of amides is 3. The summed E-state index contributed by atoms with van der Waals surface area (Å²) < 4.78 is 86.7. The molecule has 3 amide bonds. The van der Waals surface area contributed by atoms with Gasteiger partial charge < -0.3 is 14.2 Å². The van der Waals surface area contributed by atoms with Crippen molar-refractivity contribution in [2.45, 2.75) is 70.4 Å². The van der Waals surface area contributed by atoms with Crippen molar-refractivity contribution in [3.8, 4) is 5.88 Å². The number of carbonyl (C=O) groups excluding carboxylic acids is 3. The van der Waals surface area contributed by atoms with E-state index in [0.29, 0.717) is 11.6 Å². The molecule has 0 aliphatic heterocycles. The molecule has 2 rings (SSSR count). The lowest BCUT2D eigenvalue weighted by atomic mass is 9.95. The van der Waals surface area contributed by atoms with Crippen LogP contribution in [0.15, 0.2) is 61.7 Å². The molecule has 0 saturated carbocycles. The Bertz CT molecular complexity index is 1350. The Balaban J connectivity index is 2.46. The number of hydrogen-bond acceptors (Lipinski definition) is 7. The van der Waals surface area contributed by atoms with Crippen molar-refractivity contribution in [3.05, 3.63) is 78.5 Å². The van der Waals surface area contributed by atoms with Crippen LogP contribution < -0.4 is 20.9 Å². The minimum atomic E-state index is -5.26. The Labute approximate surface area is 257 Å². The van der Waals surface area contributed by atoms with Crippen LogP contribution in [0, 0.1) is 0 Å². The van der Waals surface area contributed by atoms with Crippen LogP contribution >= 0.6 is 0 Å². The van der Waals surface area contributed by atoms with Gasteiger partial charge in [-0.1, -0.05) is 42.5 Å². The molecule has 15 heteroatoms. The first-order valence-corrected chi connectivity index (χ1v) is 13.6. The van der Waals surface area contributed by atoms with Crippen LogP contribution in [0.3, 0.4) is 0 Å². The second-order valence-electron chi connectivity index (χ2n) is 10.5. The lowest BCUT2D eigenvalue weighted by Crippen LogP contribution is -2.61. The molecule has 1 unspecified atom stereocenters. The number of halogens is 5. The first-order chi connectivity index (χ1) is 21.0. The number of aromatic nitrogens is 1. The maximum Gasteiger partial charge on any atom is 0.426 e. The molecule has 2 aromatic rings. The van der Waals surface area contributed by atoms with Crippen molar-refractivity contribution >= 4 is 23.6 Å². The highest BCUT2D eigenvalue weighted by molar-refractivity contribution is 6.02. The van der Waals surface area contributed by atoms with Crippen molar-refractivity contribution in [1.82, 2.24) is 15.8 Å². The summed E-state index contributed by atoms with van der Waals surface area (Å²) in [6.45, 7) is 10.7. The largest absolute Gasteiger partial charge is 0.477 e. The first kappa shape index (κ1) is 36.7. The number of nitrogens with zero attached hydrogens (tertiary/aromatic N) is 1. The highest BCUT2D eigenvalue weighted by Gasteiger charge is 2.61. The Kier molecular flexibility index (Phi) is 13.0. The summed E-state index contributed by atoms with van der Waals surface area (Å²) in [5, 5.41) is 2.13. The molecule has 45 heavy (non-hydrogen) atoms. The minimum Gasteiger partial charge on any atom is -0.477 e. The molecular weight excluding hydrogens is 607 g/mol. The van der Waals surface area contributed by atoms with Gasteiger partial charge in [0.2, 0.25) is 11.5 Å². The Morgan fingerprint density at radius 2 is 1.64 bits per heavy atom. The number of hydrogen-bond donors (Lipinski definition) is 3. The average molecular weight is 643 g/mol. The first-order valence-electron chi connectivity index (χ1n) is 13.6. The fourth-order valence-electron chi connectivity index (χ4n) is 3.67. The Morgan fingerprint density at radius 1 is 1.00 bits per heavy atom. The van der Waals surface area contributed by atoms with E-state index in [0.717, 1.165) is 6.08 Å². The molecule has 1 aromatic heterocycles. The van der Waals surface area contributed by atoms with Crippen molar-refractivity contribution < 1.29 is 50.5 Å². The summed E-state index contributed by atoms with van der Waals surface area (Å²) in [6.07, 6.45) is -7.95. The number of rotatable bonds is 14. The van der Waals surface area contributed by atoms with Gasteiger partial charge in [0.25, 0.3) is 18.2 Å². The highest BCUT2D eigenvalue weighted by Crippen LogP contribution is 2.39. The summed E-state index contributed by atoms with van der Waals surface area (Å²) in [7, 11) is 0. The Hall–Kier alpha value is -4.53. The van der Waals surface area contributed by atoms with Gasteiger partial charge in [0.1, 0.15) is 5.60 Å². The molecule has 0 bridgehead atoms. The van der Waals surface area contributed by atoms with E-state index >= 15 is 0 Å². The zero-order chi connectivity index (χ0) is 33.8. The third kappa shape index (κ3) is 10.6. The van der Waals surface area contributed by atoms with E-state index in [9.17, 15) is 36.3 Å². The van der Waals surface area contributed by atoms with Gasteiger partial charge >= 0.3 is 12.3 Å². The summed E-state index contributed by atoms with van der Waals surface area (Å²) in [5.74, 6) is -3.86. The lowest BCUT2D eigenvalue weighted by molar-refractivity contribution is -0.273. The van der Waals surface area contributed by atoms with Crippen molar-refractivity contribution in [1.29, 1.82) is 0 Å². The SMILES string of the molecule is C=CCCOc1nc(C(=O)NNC(=O)C(CCC=C)(OCc2ccccc2)C(F)(F)F)c(NC(=O)OC(C)(C)C)cc1C(F)F. The zero-order valence-corrected chi connectivity index (χ0v) is 24.9. The normalized spacial score (nSPS) is 12.9. The van der Waals surface area contributed by atoms with Crippen LogP contribution in [0.5, 0.6) is 5.88 Å². The number of nitrogens with one attached hydrogen (secondary N) is 3. The van der Waals surface area contributed by atoms with E-state index in [1.54, 1.807) is 29.1 Å². The lowest BCUT2D eigenvalue weighted by Gasteiger charge is -2.34. The fourth-order valence-corrected chi connectivity index (χ4v) is 3.67. The number of allylic oxidation sites excluding steroid dienone is 1. The standard InChI is InChI=1S/C30H35F5N4O6/c1-6-8-15-29(30(33,34)35,44-18-19-13-11-10-12-14-19)26(41)39-38-24(40)22-21(36-27(42)45-28(3,4)5)17-20(23(31)32)25(37-22)43-16-9-7-2/h6-7,10-14,17,23H,1-2,8-9,15-16,18H2,3-5H3,(H,36,42)(H,38,40)(H,39,41). The van der Waals surface area contributed by atoms with Crippen LogP contribution in [0.25, 0.3) is 0 Å². The quantitative estimate of drug-likeness (QED) is 0.0921. The van der Waals surface area contributed by atoms with Gasteiger partial charge in [0.05, 0.1) is 24.5 Å². The highest BCUT2D eigenvalue weighted by atomic mass is 19.4. The zero-order valence-electron chi connectivity index (χ0n) is 24.9. The fraction of sp³-hybridized carbons (Fsp3) is 0.400. The summed E-state index contributed by atoms with van der Waals surface area (Å²) in [5.41, 5.74) is -2.82. The number of pyridine rings is 1. The molecule has 3 N–H and O–H groups in total. The van der Waals surface area contributed by atoms with E-state index in [1.165, 1.54) is 39.0 Å². The number of benzene rings is 1. The molecule has 0 radical (unpaired) electrons. The van der Waals surface area contributed by atoms with Gasteiger partial charge in [0.15, 0.2) is 5.69 Å². The average Bonchev–Trinajstić information content (AvgIpc) is 2.95. The number of hydrazine groups is 1. The van der Waals surface area contributed by atoms with E-state index in [4.69, 9.17) is 14.2 Å². The number of ether oxygens (including phenoxy) is 3. The number of anilines is 1. The molecule has 10 nitrogen and oxygen atoms in total. The summed E-state index contributed by atoms with van der Waals surface area (Å²) in [4.78, 5) is 42.6. The number of alkyl halides is 5. The van der Waals surface area contributed by atoms with Crippen LogP contribution in [0.4, 0.5) is 32.4 Å².